The summed E-state index contributed by atoms with van der Waals surface area (Å²) in [5, 5.41) is 2.46. The molecule has 1 heterocycles. The molecule has 0 saturated carbocycles. The van der Waals surface area contributed by atoms with Crippen LogP contribution >= 0.6 is 0 Å². The number of amides is 3. The summed E-state index contributed by atoms with van der Waals surface area (Å²) >= 11 is 0. The second-order valence-corrected chi connectivity index (χ2v) is 6.10. The largest absolute Gasteiger partial charge is 0.359 e. The minimum atomic E-state index is -0.954. The molecule has 3 amide bonds. The number of allylic oxidation sites excluding steroid dienone is 1. The van der Waals surface area contributed by atoms with Gasteiger partial charge in [-0.3, -0.25) is 19.3 Å². The Morgan fingerprint density at radius 2 is 2.19 bits per heavy atom. The number of imide groups is 1. The Kier molecular flexibility index (Phi) is 6.87. The lowest BCUT2D eigenvalue weighted by Crippen LogP contribution is -2.42. The van der Waals surface area contributed by atoms with Gasteiger partial charge in [0.15, 0.2) is 0 Å². The number of carbonyl (C=O) groups excluding carboxylic acids is 4. The third-order valence-electron chi connectivity index (χ3n) is 4.39. The van der Waals surface area contributed by atoms with Gasteiger partial charge < -0.3 is 15.8 Å². The molecule has 0 saturated heterocycles. The van der Waals surface area contributed by atoms with Gasteiger partial charge in [0, 0.05) is 31.0 Å². The molecule has 0 radical (unpaired) electrons. The Bertz CT molecular complexity index is 740. The molecule has 26 heavy (non-hydrogen) atoms. The molecule has 0 bridgehead atoms. The summed E-state index contributed by atoms with van der Waals surface area (Å²) in [4.78, 5) is 49.4. The van der Waals surface area contributed by atoms with E-state index in [1.807, 2.05) is 6.08 Å². The van der Waals surface area contributed by atoms with Gasteiger partial charge in [-0.2, -0.15) is 0 Å². The van der Waals surface area contributed by atoms with Crippen LogP contribution in [0.15, 0.2) is 22.8 Å². The van der Waals surface area contributed by atoms with Crippen molar-refractivity contribution in [3.8, 4) is 11.8 Å². The fraction of sp³-hybridized carbons (Fsp3) is 0.474. The fourth-order valence-corrected chi connectivity index (χ4v) is 2.99. The molecule has 2 rings (SSSR count). The fourth-order valence-electron chi connectivity index (χ4n) is 2.99. The molecule has 0 aromatic carbocycles. The Hall–Kier alpha value is -2.72. The van der Waals surface area contributed by atoms with Crippen LogP contribution in [0.25, 0.3) is 0 Å². The van der Waals surface area contributed by atoms with E-state index in [2.05, 4.69) is 17.2 Å². The van der Waals surface area contributed by atoms with Crippen LogP contribution in [0.5, 0.6) is 0 Å². The zero-order valence-corrected chi connectivity index (χ0v) is 14.8. The topological polar surface area (TPSA) is 110 Å². The Labute approximate surface area is 152 Å². The van der Waals surface area contributed by atoms with E-state index in [4.69, 9.17) is 5.73 Å². The number of nitrogens with zero attached hydrogens (tertiary/aromatic N) is 1. The normalized spacial score (nSPS) is 17.3. The summed E-state index contributed by atoms with van der Waals surface area (Å²) in [5.41, 5.74) is 6.69. The molecular formula is C19H23N3O4. The second kappa shape index (κ2) is 9.11. The summed E-state index contributed by atoms with van der Waals surface area (Å²) in [6.45, 7) is 0.541. The number of hydrogen-bond donors (Lipinski definition) is 2. The summed E-state index contributed by atoms with van der Waals surface area (Å²) in [7, 11) is 1.49. The number of unbranched alkanes of at least 4 members (excludes halogenated alkanes) is 1. The predicted molar refractivity (Wildman–Crippen MR) is 95.4 cm³/mol. The second-order valence-electron chi connectivity index (χ2n) is 6.10. The highest BCUT2D eigenvalue weighted by molar-refractivity contribution is 6.23. The molecule has 0 fully saturated rings. The van der Waals surface area contributed by atoms with Crippen molar-refractivity contribution in [1.82, 2.24) is 10.2 Å². The maximum atomic E-state index is 12.8. The van der Waals surface area contributed by atoms with Crippen molar-refractivity contribution >= 4 is 24.0 Å². The van der Waals surface area contributed by atoms with Gasteiger partial charge in [-0.1, -0.05) is 17.9 Å². The monoisotopic (exact) mass is 357 g/mol. The van der Waals surface area contributed by atoms with E-state index in [0.29, 0.717) is 48.8 Å². The average Bonchev–Trinajstić information content (AvgIpc) is 2.91. The van der Waals surface area contributed by atoms with Crippen molar-refractivity contribution in [1.29, 1.82) is 0 Å². The summed E-state index contributed by atoms with van der Waals surface area (Å²) in [6.07, 6.45) is 5.01. The van der Waals surface area contributed by atoms with Gasteiger partial charge in [0.2, 0.25) is 5.91 Å². The van der Waals surface area contributed by atoms with Gasteiger partial charge in [0.05, 0.1) is 11.6 Å². The van der Waals surface area contributed by atoms with Gasteiger partial charge >= 0.3 is 0 Å². The molecule has 2 aliphatic rings. The van der Waals surface area contributed by atoms with Crippen LogP contribution in [0, 0.1) is 11.8 Å². The highest BCUT2D eigenvalue weighted by Crippen LogP contribution is 2.34. The maximum absolute atomic E-state index is 12.8. The Morgan fingerprint density at radius 1 is 1.42 bits per heavy atom. The molecule has 7 heteroatoms. The molecule has 1 aliphatic carbocycles. The van der Waals surface area contributed by atoms with Crippen molar-refractivity contribution in [3.63, 3.8) is 0 Å². The lowest BCUT2D eigenvalue weighted by atomic mass is 9.92. The predicted octanol–water partition coefficient (Wildman–Crippen LogP) is 0.208. The van der Waals surface area contributed by atoms with Crippen LogP contribution in [-0.2, 0) is 19.2 Å². The standard InChI is InChI=1S/C19H23N3O4/c1-21-16(24)10-9-14(12-23)22-18(25)15-8-5-7-13(17(15)19(22)26)6-3-2-4-11-20/h7,12,14H,2,4-5,8-11,20H2,1H3,(H,21,24). The average molecular weight is 357 g/mol. The van der Waals surface area contributed by atoms with Gasteiger partial charge in [-0.15, -0.1) is 0 Å². The summed E-state index contributed by atoms with van der Waals surface area (Å²) in [5.74, 6) is 4.73. The third kappa shape index (κ3) is 4.09. The number of nitrogens with two attached hydrogens (primary N) is 1. The van der Waals surface area contributed by atoms with Crippen molar-refractivity contribution in [2.75, 3.05) is 13.6 Å². The van der Waals surface area contributed by atoms with E-state index in [0.717, 1.165) is 11.3 Å². The highest BCUT2D eigenvalue weighted by Gasteiger charge is 2.43. The van der Waals surface area contributed by atoms with Crippen LogP contribution in [0.2, 0.25) is 0 Å². The van der Waals surface area contributed by atoms with Gasteiger partial charge in [0.25, 0.3) is 11.8 Å². The molecule has 3 N–H and O–H groups in total. The van der Waals surface area contributed by atoms with Gasteiger partial charge in [-0.05, 0) is 32.2 Å². The number of carbonyl (C=O) groups is 4. The molecular weight excluding hydrogens is 334 g/mol. The molecule has 1 atom stereocenters. The Balaban J connectivity index is 2.20. The van der Waals surface area contributed by atoms with Crippen molar-refractivity contribution in [2.45, 2.75) is 44.6 Å². The molecule has 0 spiro atoms. The van der Waals surface area contributed by atoms with Crippen LogP contribution in [0.4, 0.5) is 0 Å². The first-order chi connectivity index (χ1) is 12.5. The first-order valence-corrected chi connectivity index (χ1v) is 8.71. The zero-order chi connectivity index (χ0) is 19.1. The van der Waals surface area contributed by atoms with E-state index in [-0.39, 0.29) is 18.7 Å². The lowest BCUT2D eigenvalue weighted by molar-refractivity contribution is -0.143. The lowest BCUT2D eigenvalue weighted by Gasteiger charge is -2.21. The minimum Gasteiger partial charge on any atom is -0.359 e. The molecule has 7 nitrogen and oxygen atoms in total. The van der Waals surface area contributed by atoms with E-state index >= 15 is 0 Å². The Morgan fingerprint density at radius 3 is 2.85 bits per heavy atom. The van der Waals surface area contributed by atoms with Crippen LogP contribution < -0.4 is 11.1 Å². The quantitative estimate of drug-likeness (QED) is 0.293. The van der Waals surface area contributed by atoms with Gasteiger partial charge in [0.1, 0.15) is 6.29 Å². The number of nitrogens with one attached hydrogen (secondary N) is 1. The van der Waals surface area contributed by atoms with E-state index in [9.17, 15) is 19.2 Å². The maximum Gasteiger partial charge on any atom is 0.263 e. The first-order valence-electron chi connectivity index (χ1n) is 8.71. The van der Waals surface area contributed by atoms with E-state index < -0.39 is 17.9 Å². The van der Waals surface area contributed by atoms with Crippen LogP contribution in [0.1, 0.15) is 38.5 Å². The smallest absolute Gasteiger partial charge is 0.263 e. The third-order valence-corrected chi connectivity index (χ3v) is 4.39. The van der Waals surface area contributed by atoms with Crippen molar-refractivity contribution in [3.05, 3.63) is 22.8 Å². The van der Waals surface area contributed by atoms with Crippen LogP contribution in [-0.4, -0.2) is 48.5 Å². The SMILES string of the molecule is CNC(=O)CCC(C=O)N1C(=O)C2=C(C1=O)C(C#CCCCN)=CCC2. The molecule has 138 valence electrons. The molecule has 0 aromatic rings. The summed E-state index contributed by atoms with van der Waals surface area (Å²) < 4.78 is 0. The van der Waals surface area contributed by atoms with E-state index in [1.165, 1.54) is 7.05 Å². The number of aldehydes is 1. The molecule has 1 unspecified atom stereocenters. The van der Waals surface area contributed by atoms with Crippen molar-refractivity contribution in [2.24, 2.45) is 5.73 Å². The summed E-state index contributed by atoms with van der Waals surface area (Å²) in [6, 6.07) is -0.954. The van der Waals surface area contributed by atoms with E-state index in [1.54, 1.807) is 0 Å². The minimum absolute atomic E-state index is 0.0588. The zero-order valence-electron chi connectivity index (χ0n) is 14.8. The van der Waals surface area contributed by atoms with Gasteiger partial charge in [-0.25, -0.2) is 0 Å². The number of rotatable bonds is 7. The molecule has 0 aromatic heterocycles. The molecule has 1 aliphatic heterocycles. The first kappa shape index (κ1) is 19.6. The van der Waals surface area contributed by atoms with Crippen molar-refractivity contribution < 1.29 is 19.2 Å². The van der Waals surface area contributed by atoms with Crippen LogP contribution in [0.3, 0.4) is 0 Å². The number of hydrogen-bond acceptors (Lipinski definition) is 5. The highest BCUT2D eigenvalue weighted by atomic mass is 16.2.